The minimum atomic E-state index is -0.451. The van der Waals surface area contributed by atoms with Gasteiger partial charge < -0.3 is 15.5 Å². The third-order valence-corrected chi connectivity index (χ3v) is 8.49. The largest absolute Gasteiger partial charge is 0.372 e. The van der Waals surface area contributed by atoms with E-state index in [1.165, 1.54) is 39.4 Å². The zero-order valence-corrected chi connectivity index (χ0v) is 27.8. The van der Waals surface area contributed by atoms with Crippen molar-refractivity contribution in [2.45, 2.75) is 46.0 Å². The van der Waals surface area contributed by atoms with Gasteiger partial charge in [-0.05, 0) is 97.3 Å². The fourth-order valence-corrected chi connectivity index (χ4v) is 5.48. The second-order valence-corrected chi connectivity index (χ2v) is 12.3. The fourth-order valence-electron chi connectivity index (χ4n) is 5.48. The minimum Gasteiger partial charge on any atom is -0.372 e. The van der Waals surface area contributed by atoms with E-state index in [4.69, 9.17) is 5.41 Å². The molecule has 1 fully saturated rings. The van der Waals surface area contributed by atoms with Crippen LogP contribution in [0.25, 0.3) is 11.4 Å². The van der Waals surface area contributed by atoms with E-state index in [1.54, 1.807) is 74.9 Å². The van der Waals surface area contributed by atoms with Crippen LogP contribution in [-0.2, 0) is 4.79 Å². The minimum absolute atomic E-state index is 0.0209. The average Bonchev–Trinajstić information content (AvgIpc) is 3.88. The molecule has 246 valence electrons. The van der Waals surface area contributed by atoms with Crippen LogP contribution in [0.2, 0.25) is 0 Å². The van der Waals surface area contributed by atoms with Gasteiger partial charge >= 0.3 is 11.6 Å². The first-order valence-electron chi connectivity index (χ1n) is 16.1. The Hall–Kier alpha value is -5.69. The van der Waals surface area contributed by atoms with Crippen LogP contribution in [-0.4, -0.2) is 45.7 Å². The van der Waals surface area contributed by atoms with E-state index in [0.29, 0.717) is 46.6 Å². The number of anilines is 3. The lowest BCUT2D eigenvalue weighted by atomic mass is 10.0. The summed E-state index contributed by atoms with van der Waals surface area (Å²) >= 11 is 0. The van der Waals surface area contributed by atoms with Crippen LogP contribution in [0, 0.1) is 36.0 Å². The quantitative estimate of drug-likeness (QED) is 0.122. The number of nitrogens with one attached hydrogen (secondary N) is 3. The Labute approximate surface area is 281 Å². The van der Waals surface area contributed by atoms with Crippen molar-refractivity contribution in [3.63, 3.8) is 0 Å². The van der Waals surface area contributed by atoms with E-state index in [1.807, 2.05) is 13.0 Å². The number of amides is 2. The molecule has 0 bridgehead atoms. The molecule has 2 heterocycles. The Bertz CT molecular complexity index is 1970. The molecule has 1 aliphatic rings. The molecule has 48 heavy (non-hydrogen) atoms. The lowest BCUT2D eigenvalue weighted by molar-refractivity contribution is -0.113. The van der Waals surface area contributed by atoms with E-state index < -0.39 is 5.69 Å². The topological polar surface area (TPSA) is 125 Å². The molecule has 5 rings (SSSR count). The van der Waals surface area contributed by atoms with Gasteiger partial charge in [0.15, 0.2) is 0 Å². The molecule has 3 N–H and O–H groups in total. The number of hydrogen-bond donors (Lipinski definition) is 3. The fraction of sp³-hybridized carbons (Fsp3) is 0.289. The molecule has 0 saturated heterocycles. The number of pyridine rings is 1. The molecule has 4 aromatic rings. The first-order chi connectivity index (χ1) is 23.1. The van der Waals surface area contributed by atoms with Gasteiger partial charge in [0.25, 0.3) is 5.91 Å². The molecular weight excluding hydrogens is 602 g/mol. The number of carbonyl (C=O) groups excluding carboxylic acids is 2. The number of benzene rings is 2. The first-order valence-corrected chi connectivity index (χ1v) is 16.1. The molecule has 0 radical (unpaired) electrons. The lowest BCUT2D eigenvalue weighted by Gasteiger charge is -2.16. The van der Waals surface area contributed by atoms with Crippen molar-refractivity contribution in [2.75, 3.05) is 29.6 Å². The summed E-state index contributed by atoms with van der Waals surface area (Å²) in [5.41, 5.74) is 2.70. The highest BCUT2D eigenvalue weighted by Gasteiger charge is 2.25. The average molecular weight is 644 g/mol. The molecule has 2 aromatic carbocycles. The van der Waals surface area contributed by atoms with Gasteiger partial charge in [-0.3, -0.25) is 19.6 Å². The molecule has 0 aliphatic heterocycles. The van der Waals surface area contributed by atoms with Crippen molar-refractivity contribution in [3.05, 3.63) is 107 Å². The van der Waals surface area contributed by atoms with Crippen LogP contribution in [0.4, 0.5) is 17.3 Å². The van der Waals surface area contributed by atoms with Crippen LogP contribution < -0.4 is 21.2 Å². The first kappa shape index (κ1) is 33.7. The van der Waals surface area contributed by atoms with Gasteiger partial charge in [-0.15, -0.1) is 0 Å². The van der Waals surface area contributed by atoms with Gasteiger partial charge in [0, 0.05) is 38.0 Å². The molecule has 10 nitrogen and oxygen atoms in total. The van der Waals surface area contributed by atoms with Gasteiger partial charge in [-0.2, -0.15) is 0 Å². The maximum absolute atomic E-state index is 14.2. The lowest BCUT2D eigenvalue weighted by Crippen LogP contribution is -2.26. The third kappa shape index (κ3) is 7.64. The Morgan fingerprint density at radius 1 is 1.12 bits per heavy atom. The second-order valence-electron chi connectivity index (χ2n) is 12.3. The van der Waals surface area contributed by atoms with Crippen LogP contribution in [0.15, 0.2) is 84.3 Å². The molecular formula is C38H41N7O3. The summed E-state index contributed by atoms with van der Waals surface area (Å²) < 4.78 is 2.85. The van der Waals surface area contributed by atoms with Crippen molar-refractivity contribution >= 4 is 34.8 Å². The zero-order valence-electron chi connectivity index (χ0n) is 27.8. The van der Waals surface area contributed by atoms with E-state index >= 15 is 0 Å². The Morgan fingerprint density at radius 3 is 2.54 bits per heavy atom. The van der Waals surface area contributed by atoms with E-state index in [-0.39, 0.29) is 23.2 Å². The van der Waals surface area contributed by atoms with Gasteiger partial charge in [-0.1, -0.05) is 44.8 Å². The second kappa shape index (κ2) is 14.8. The van der Waals surface area contributed by atoms with E-state index in [2.05, 4.69) is 41.0 Å². The van der Waals surface area contributed by atoms with E-state index in [9.17, 15) is 14.4 Å². The molecule has 1 saturated carbocycles. The van der Waals surface area contributed by atoms with Crippen molar-refractivity contribution in [2.24, 2.45) is 11.8 Å². The number of aromatic nitrogens is 3. The SMILES string of the molecule is C=CC(=N)c1c(NC)n(-c2cccc(N(C)C(=O)C#CCC(C)CCC3CC3)c2)c(=O)n1-c1ccc(C(=O)Nc2cc(C)ccn2)cc1. The summed E-state index contributed by atoms with van der Waals surface area (Å²) in [6.07, 6.45) is 8.71. The number of rotatable bonds is 12. The standard InChI is InChI=1S/C38H41N7O3/c1-6-32(39)35-36(40-4)45(31-11-8-10-30(24-31)43(5)34(46)12-7-9-25(2)13-14-27-15-16-27)38(48)44(35)29-19-17-28(18-20-29)37(47)42-33-23-26(3)21-22-41-33/h6,8,10-11,17-25,27,39-40H,1,9,13-16H2,2-5H3,(H,41,42,47). The Kier molecular flexibility index (Phi) is 10.4. The smallest absolute Gasteiger partial charge is 0.339 e. The predicted molar refractivity (Wildman–Crippen MR) is 192 cm³/mol. The van der Waals surface area contributed by atoms with Gasteiger partial charge in [-0.25, -0.2) is 14.3 Å². The van der Waals surface area contributed by atoms with Gasteiger partial charge in [0.2, 0.25) is 0 Å². The number of aryl methyl sites for hydroxylation is 1. The van der Waals surface area contributed by atoms with Crippen LogP contribution in [0.5, 0.6) is 0 Å². The highest BCUT2D eigenvalue weighted by atomic mass is 16.2. The number of allylic oxidation sites excluding steroid dienone is 1. The van der Waals surface area contributed by atoms with Crippen LogP contribution >= 0.6 is 0 Å². The maximum atomic E-state index is 14.2. The van der Waals surface area contributed by atoms with Crippen LogP contribution in [0.1, 0.15) is 60.6 Å². The van der Waals surface area contributed by atoms with Gasteiger partial charge in [0.1, 0.15) is 17.3 Å². The van der Waals surface area contributed by atoms with Gasteiger partial charge in [0.05, 0.1) is 17.1 Å². The monoisotopic (exact) mass is 643 g/mol. The number of nitrogens with zero attached hydrogens (tertiary/aromatic N) is 4. The van der Waals surface area contributed by atoms with Crippen molar-refractivity contribution in [3.8, 4) is 23.2 Å². The summed E-state index contributed by atoms with van der Waals surface area (Å²) in [7, 11) is 3.33. The number of imidazole rings is 1. The number of carbonyl (C=O) groups is 2. The summed E-state index contributed by atoms with van der Waals surface area (Å²) in [6.45, 7) is 7.85. The Morgan fingerprint density at radius 2 is 1.88 bits per heavy atom. The summed E-state index contributed by atoms with van der Waals surface area (Å²) in [6, 6.07) is 17.2. The third-order valence-electron chi connectivity index (χ3n) is 8.49. The number of hydrogen-bond acceptors (Lipinski definition) is 6. The molecule has 1 atom stereocenters. The molecule has 1 aliphatic carbocycles. The van der Waals surface area contributed by atoms with Crippen molar-refractivity contribution in [1.82, 2.24) is 14.1 Å². The van der Waals surface area contributed by atoms with Crippen molar-refractivity contribution < 1.29 is 9.59 Å². The van der Waals surface area contributed by atoms with Crippen LogP contribution in [0.3, 0.4) is 0 Å². The molecule has 2 amide bonds. The van der Waals surface area contributed by atoms with E-state index in [0.717, 1.165) is 17.9 Å². The summed E-state index contributed by atoms with van der Waals surface area (Å²) in [4.78, 5) is 45.7. The summed E-state index contributed by atoms with van der Waals surface area (Å²) in [5.74, 6) is 7.28. The highest BCUT2D eigenvalue weighted by molar-refractivity contribution is 6.09. The normalized spacial score (nSPS) is 12.8. The molecule has 10 heteroatoms. The molecule has 1 unspecified atom stereocenters. The summed E-state index contributed by atoms with van der Waals surface area (Å²) in [5, 5.41) is 14.5. The highest BCUT2D eigenvalue weighted by Crippen LogP contribution is 2.35. The van der Waals surface area contributed by atoms with Crippen molar-refractivity contribution in [1.29, 1.82) is 5.41 Å². The molecule has 2 aromatic heterocycles. The zero-order chi connectivity index (χ0) is 34.4. The molecule has 0 spiro atoms. The predicted octanol–water partition coefficient (Wildman–Crippen LogP) is 6.36. The Balaban J connectivity index is 1.43. The maximum Gasteiger partial charge on any atom is 0.339 e.